The van der Waals surface area contributed by atoms with Crippen LogP contribution in [0.25, 0.3) is 10.6 Å². The molecule has 1 amide bonds. The van der Waals surface area contributed by atoms with Gasteiger partial charge in [-0.25, -0.2) is 4.98 Å². The van der Waals surface area contributed by atoms with Gasteiger partial charge in [-0.3, -0.25) is 4.79 Å². The van der Waals surface area contributed by atoms with Crippen molar-refractivity contribution in [2.45, 2.75) is 13.3 Å². The number of rotatable bonds is 5. The van der Waals surface area contributed by atoms with Crippen molar-refractivity contribution in [2.75, 3.05) is 13.7 Å². The molecule has 1 aromatic carbocycles. The third-order valence-corrected chi connectivity index (χ3v) is 3.52. The van der Waals surface area contributed by atoms with E-state index in [1.54, 1.807) is 18.4 Å². The van der Waals surface area contributed by atoms with Crippen molar-refractivity contribution in [2.24, 2.45) is 0 Å². The van der Waals surface area contributed by atoms with Crippen LogP contribution in [0, 0.1) is 0 Å². The maximum absolute atomic E-state index is 11.3. The van der Waals surface area contributed by atoms with Gasteiger partial charge in [-0.15, -0.1) is 11.3 Å². The van der Waals surface area contributed by atoms with E-state index in [1.165, 1.54) is 0 Å². The van der Waals surface area contributed by atoms with Crippen molar-refractivity contribution < 1.29 is 9.53 Å². The number of amides is 1. The van der Waals surface area contributed by atoms with Gasteiger partial charge < -0.3 is 10.1 Å². The Labute approximate surface area is 116 Å². The quantitative estimate of drug-likeness (QED) is 0.913. The van der Waals surface area contributed by atoms with Crippen LogP contribution in [0.2, 0.25) is 0 Å². The van der Waals surface area contributed by atoms with Crippen LogP contribution in [0.1, 0.15) is 12.6 Å². The second-order valence-corrected chi connectivity index (χ2v) is 4.81. The van der Waals surface area contributed by atoms with E-state index < -0.39 is 0 Å². The average molecular weight is 276 g/mol. The van der Waals surface area contributed by atoms with Crippen LogP contribution in [0.4, 0.5) is 0 Å². The van der Waals surface area contributed by atoms with E-state index in [0.29, 0.717) is 13.0 Å². The first-order chi connectivity index (χ1) is 9.22. The highest BCUT2D eigenvalue weighted by atomic mass is 32.1. The average Bonchev–Trinajstić information content (AvgIpc) is 2.88. The van der Waals surface area contributed by atoms with Gasteiger partial charge >= 0.3 is 0 Å². The lowest BCUT2D eigenvalue weighted by Crippen LogP contribution is -2.19. The second-order valence-electron chi connectivity index (χ2n) is 3.95. The Hall–Kier alpha value is -1.88. The molecule has 0 aliphatic carbocycles. The molecule has 0 bridgehead atoms. The molecule has 5 heteroatoms. The van der Waals surface area contributed by atoms with E-state index in [4.69, 9.17) is 4.74 Å². The van der Waals surface area contributed by atoms with Crippen LogP contribution >= 0.6 is 11.3 Å². The summed E-state index contributed by atoms with van der Waals surface area (Å²) in [5, 5.41) is 5.43. The van der Waals surface area contributed by atoms with Crippen LogP contribution < -0.4 is 10.1 Å². The maximum Gasteiger partial charge on any atom is 0.225 e. The van der Waals surface area contributed by atoms with Gasteiger partial charge in [0.1, 0.15) is 10.8 Å². The number of hydrogen-bond acceptors (Lipinski definition) is 4. The van der Waals surface area contributed by atoms with Crippen LogP contribution in [0.3, 0.4) is 0 Å². The zero-order chi connectivity index (χ0) is 13.7. The molecule has 19 heavy (non-hydrogen) atoms. The molecule has 0 unspecified atom stereocenters. The third-order valence-electron chi connectivity index (χ3n) is 2.58. The predicted octanol–water partition coefficient (Wildman–Crippen LogP) is 2.50. The molecule has 0 atom stereocenters. The van der Waals surface area contributed by atoms with E-state index in [-0.39, 0.29) is 5.91 Å². The zero-order valence-corrected chi connectivity index (χ0v) is 11.8. The fourth-order valence-electron chi connectivity index (χ4n) is 1.63. The molecule has 1 aromatic heterocycles. The topological polar surface area (TPSA) is 51.2 Å². The van der Waals surface area contributed by atoms with Crippen LogP contribution in [0.15, 0.2) is 29.6 Å². The largest absolute Gasteiger partial charge is 0.494 e. The van der Waals surface area contributed by atoms with Crippen LogP contribution in [-0.4, -0.2) is 24.5 Å². The zero-order valence-electron chi connectivity index (χ0n) is 11.0. The van der Waals surface area contributed by atoms with Crippen LogP contribution in [0.5, 0.6) is 5.75 Å². The van der Waals surface area contributed by atoms with Crippen LogP contribution in [-0.2, 0) is 11.2 Å². The number of thiazole rings is 1. The van der Waals surface area contributed by atoms with E-state index in [9.17, 15) is 4.79 Å². The first-order valence-corrected chi connectivity index (χ1v) is 6.99. The molecule has 0 aliphatic heterocycles. The molecule has 0 radical (unpaired) electrons. The SMILES string of the molecule is CCOc1ccc(-c2nc(CC(=O)NC)cs2)cc1. The van der Waals surface area contributed by atoms with E-state index >= 15 is 0 Å². The van der Waals surface area contributed by atoms with E-state index in [2.05, 4.69) is 10.3 Å². The number of carbonyl (C=O) groups is 1. The lowest BCUT2D eigenvalue weighted by atomic mass is 10.2. The highest BCUT2D eigenvalue weighted by molar-refractivity contribution is 7.13. The summed E-state index contributed by atoms with van der Waals surface area (Å²) in [7, 11) is 1.63. The number of benzene rings is 1. The minimum Gasteiger partial charge on any atom is -0.494 e. The van der Waals surface area contributed by atoms with Gasteiger partial charge in [0.25, 0.3) is 0 Å². The third kappa shape index (κ3) is 3.54. The molecular formula is C14H16N2O2S. The Balaban J connectivity index is 2.11. The van der Waals surface area contributed by atoms with Gasteiger partial charge in [0, 0.05) is 18.0 Å². The number of likely N-dealkylation sites (N-methyl/N-ethyl adjacent to an activating group) is 1. The van der Waals surface area contributed by atoms with E-state index in [0.717, 1.165) is 22.0 Å². The number of aromatic nitrogens is 1. The van der Waals surface area contributed by atoms with Crippen molar-refractivity contribution in [1.29, 1.82) is 0 Å². The van der Waals surface area contributed by atoms with Gasteiger partial charge in [0.2, 0.25) is 5.91 Å². The predicted molar refractivity (Wildman–Crippen MR) is 76.5 cm³/mol. The normalized spacial score (nSPS) is 10.2. The Bertz CT molecular complexity index is 549. The Morgan fingerprint density at radius 3 is 2.74 bits per heavy atom. The molecule has 0 aliphatic rings. The Kier molecular flexibility index (Phi) is 4.52. The molecule has 0 saturated heterocycles. The fourth-order valence-corrected chi connectivity index (χ4v) is 2.46. The molecule has 0 saturated carbocycles. The summed E-state index contributed by atoms with van der Waals surface area (Å²) in [5.41, 5.74) is 1.84. The molecule has 1 N–H and O–H groups in total. The Morgan fingerprint density at radius 2 is 2.11 bits per heavy atom. The summed E-state index contributed by atoms with van der Waals surface area (Å²) in [6.45, 7) is 2.62. The summed E-state index contributed by atoms with van der Waals surface area (Å²) in [6, 6.07) is 7.82. The summed E-state index contributed by atoms with van der Waals surface area (Å²) in [5.74, 6) is 0.830. The lowest BCUT2D eigenvalue weighted by Gasteiger charge is -2.02. The lowest BCUT2D eigenvalue weighted by molar-refractivity contribution is -0.120. The number of ether oxygens (including phenoxy) is 1. The first kappa shape index (κ1) is 13.5. The summed E-state index contributed by atoms with van der Waals surface area (Å²) in [4.78, 5) is 15.7. The van der Waals surface area contributed by atoms with Crippen molar-refractivity contribution in [3.05, 3.63) is 35.3 Å². The molecule has 4 nitrogen and oxygen atoms in total. The van der Waals surface area contributed by atoms with Gasteiger partial charge in [0.05, 0.1) is 18.7 Å². The van der Waals surface area contributed by atoms with Crippen molar-refractivity contribution in [3.63, 3.8) is 0 Å². The Morgan fingerprint density at radius 1 is 1.37 bits per heavy atom. The monoisotopic (exact) mass is 276 g/mol. The highest BCUT2D eigenvalue weighted by Gasteiger charge is 2.08. The maximum atomic E-state index is 11.3. The second kappa shape index (κ2) is 6.33. The summed E-state index contributed by atoms with van der Waals surface area (Å²) >= 11 is 1.54. The van der Waals surface area contributed by atoms with Gasteiger partial charge in [-0.1, -0.05) is 0 Å². The van der Waals surface area contributed by atoms with Gasteiger partial charge in [-0.2, -0.15) is 0 Å². The number of hydrogen-bond donors (Lipinski definition) is 1. The first-order valence-electron chi connectivity index (χ1n) is 6.11. The standard InChI is InChI=1S/C14H16N2O2S/c1-3-18-12-6-4-10(5-7-12)14-16-11(9-19-14)8-13(17)15-2/h4-7,9H,3,8H2,1-2H3,(H,15,17). The van der Waals surface area contributed by atoms with Gasteiger partial charge in [-0.05, 0) is 31.2 Å². The summed E-state index contributed by atoms with van der Waals surface area (Å²) < 4.78 is 5.40. The number of nitrogens with zero attached hydrogens (tertiary/aromatic N) is 1. The molecule has 2 aromatic rings. The molecular weight excluding hydrogens is 260 g/mol. The molecule has 100 valence electrons. The minimum absolute atomic E-state index is 0.0245. The van der Waals surface area contributed by atoms with Crippen molar-refractivity contribution >= 4 is 17.2 Å². The molecule has 2 rings (SSSR count). The smallest absolute Gasteiger partial charge is 0.225 e. The van der Waals surface area contributed by atoms with Crippen molar-refractivity contribution in [1.82, 2.24) is 10.3 Å². The van der Waals surface area contributed by atoms with Gasteiger partial charge in [0.15, 0.2) is 0 Å². The fraction of sp³-hybridized carbons (Fsp3) is 0.286. The van der Waals surface area contributed by atoms with Crippen molar-refractivity contribution in [3.8, 4) is 16.3 Å². The number of nitrogens with one attached hydrogen (secondary N) is 1. The van der Waals surface area contributed by atoms with E-state index in [1.807, 2.05) is 36.6 Å². The molecule has 1 heterocycles. The summed E-state index contributed by atoms with van der Waals surface area (Å²) in [6.07, 6.45) is 0.323. The minimum atomic E-state index is -0.0245. The highest BCUT2D eigenvalue weighted by Crippen LogP contribution is 2.25. The molecule has 0 fully saturated rings. The number of carbonyl (C=O) groups excluding carboxylic acids is 1. The molecule has 0 spiro atoms.